The van der Waals surface area contributed by atoms with Crippen molar-refractivity contribution in [2.75, 3.05) is 13.7 Å². The Kier molecular flexibility index (Phi) is 12.3. The third-order valence-corrected chi connectivity index (χ3v) is 14.4. The number of alkyl halides is 4. The van der Waals surface area contributed by atoms with Crippen molar-refractivity contribution in [1.29, 1.82) is 0 Å². The van der Waals surface area contributed by atoms with E-state index in [2.05, 4.69) is 20.6 Å². The average molecular weight is 871 g/mol. The summed E-state index contributed by atoms with van der Waals surface area (Å²) >= 11 is 0. The Labute approximate surface area is 346 Å². The van der Waals surface area contributed by atoms with Crippen LogP contribution in [0.1, 0.15) is 105 Å². The van der Waals surface area contributed by atoms with Gasteiger partial charge in [0.1, 0.15) is 35.6 Å². The lowest BCUT2D eigenvalue weighted by Crippen LogP contribution is -2.61. The molecular formula is C40H54F4N6O9S. The molecule has 2 aliphatic carbocycles. The van der Waals surface area contributed by atoms with E-state index in [1.54, 1.807) is 40.7 Å². The highest BCUT2D eigenvalue weighted by Crippen LogP contribution is 2.50. The average Bonchev–Trinajstić information content (AvgIpc) is 4.07. The molecule has 1 saturated heterocycles. The monoisotopic (exact) mass is 870 g/mol. The van der Waals surface area contributed by atoms with Gasteiger partial charge in [-0.15, -0.1) is 0 Å². The number of nitrogens with one attached hydrogen (secondary N) is 3. The van der Waals surface area contributed by atoms with Gasteiger partial charge in [0.15, 0.2) is 5.69 Å². The summed E-state index contributed by atoms with van der Waals surface area (Å²) < 4.78 is 105. The van der Waals surface area contributed by atoms with E-state index in [1.807, 2.05) is 4.72 Å². The minimum absolute atomic E-state index is 0.0461. The van der Waals surface area contributed by atoms with Crippen LogP contribution in [0.25, 0.3) is 11.0 Å². The molecule has 0 radical (unpaired) electrons. The fraction of sp³-hybridized carbons (Fsp3) is 0.700. The van der Waals surface area contributed by atoms with E-state index < -0.39 is 129 Å². The smallest absolute Gasteiger partial charge is 0.408 e. The van der Waals surface area contributed by atoms with E-state index in [-0.39, 0.29) is 36.7 Å². The zero-order chi connectivity index (χ0) is 44.2. The number of carbonyl (C=O) groups excluding carboxylic acids is 4. The van der Waals surface area contributed by atoms with Crippen LogP contribution in [-0.2, 0) is 35.1 Å². The van der Waals surface area contributed by atoms with E-state index in [1.165, 1.54) is 26.2 Å². The molecule has 1 aromatic carbocycles. The molecule has 1 unspecified atom stereocenters. The van der Waals surface area contributed by atoms with Crippen LogP contribution in [-0.4, -0.2) is 102 Å². The van der Waals surface area contributed by atoms with Crippen molar-refractivity contribution in [1.82, 2.24) is 30.2 Å². The van der Waals surface area contributed by atoms with Crippen molar-refractivity contribution in [2.24, 2.45) is 17.3 Å². The molecule has 20 heteroatoms. The summed E-state index contributed by atoms with van der Waals surface area (Å²) in [5.74, 6) is -9.84. The van der Waals surface area contributed by atoms with Crippen LogP contribution in [0.5, 0.6) is 11.6 Å². The number of rotatable bonds is 8. The zero-order valence-electron chi connectivity index (χ0n) is 34.8. The molecular weight excluding hydrogens is 817 g/mol. The Morgan fingerprint density at radius 3 is 2.37 bits per heavy atom. The van der Waals surface area contributed by atoms with Gasteiger partial charge in [0.25, 0.3) is 11.8 Å². The van der Waals surface area contributed by atoms with Crippen LogP contribution in [0, 0.1) is 17.3 Å². The van der Waals surface area contributed by atoms with E-state index >= 15 is 8.78 Å². The number of aromatic nitrogens is 2. The van der Waals surface area contributed by atoms with Crippen molar-refractivity contribution in [3.8, 4) is 11.6 Å². The van der Waals surface area contributed by atoms with Gasteiger partial charge in [-0.25, -0.2) is 32.0 Å². The second-order valence-corrected chi connectivity index (χ2v) is 20.0. The lowest BCUT2D eigenvalue weighted by molar-refractivity contribution is -0.144. The number of sulfonamides is 1. The van der Waals surface area contributed by atoms with Gasteiger partial charge >= 0.3 is 6.09 Å². The first-order valence-electron chi connectivity index (χ1n) is 20.3. The van der Waals surface area contributed by atoms with Crippen molar-refractivity contribution >= 4 is 44.9 Å². The Morgan fingerprint density at radius 2 is 1.77 bits per heavy atom. The number of amides is 4. The Morgan fingerprint density at radius 1 is 1.07 bits per heavy atom. The number of benzene rings is 1. The van der Waals surface area contributed by atoms with Gasteiger partial charge in [0.05, 0.1) is 35.4 Å². The summed E-state index contributed by atoms with van der Waals surface area (Å²) in [6, 6.07) is 1.54. The molecule has 3 fully saturated rings. The third kappa shape index (κ3) is 8.93. The molecule has 2 aromatic rings. The van der Waals surface area contributed by atoms with Crippen molar-refractivity contribution in [3.63, 3.8) is 0 Å². The van der Waals surface area contributed by atoms with E-state index in [9.17, 15) is 36.4 Å². The molecule has 4 aliphatic rings. The lowest BCUT2D eigenvalue weighted by atomic mass is 9.85. The van der Waals surface area contributed by atoms with Crippen LogP contribution in [0.15, 0.2) is 18.2 Å². The lowest BCUT2D eigenvalue weighted by Gasteiger charge is -2.36. The summed E-state index contributed by atoms with van der Waals surface area (Å²) in [7, 11) is -2.90. The minimum atomic E-state index is -4.32. The Balaban J connectivity index is 1.44. The number of hydrogen-bond acceptors (Lipinski definition) is 11. The SMILES string of the molecule is CC[C@@H]1[C@@H]2CN(C(=O)[C@H](C(C)(C)C)NC(=O)OC(C)CCCCCC(F)(F)c3nc4ccc(OC)cc4nc3O2)[C@@H]1C(=O)N[C@]1(C(=O)NS(=O)(=O)C2(C)CC2)C[C@H]1C(F)F. The number of ether oxygens (including phenoxy) is 3. The fourth-order valence-electron chi connectivity index (χ4n) is 8.07. The van der Waals surface area contributed by atoms with Crippen LogP contribution in [0.2, 0.25) is 0 Å². The largest absolute Gasteiger partial charge is 0.497 e. The fourth-order valence-corrected chi connectivity index (χ4v) is 9.38. The number of nitrogens with zero attached hydrogens (tertiary/aromatic N) is 3. The molecule has 60 heavy (non-hydrogen) atoms. The van der Waals surface area contributed by atoms with Crippen LogP contribution >= 0.6 is 0 Å². The molecule has 332 valence electrons. The van der Waals surface area contributed by atoms with Crippen molar-refractivity contribution in [3.05, 3.63) is 23.9 Å². The van der Waals surface area contributed by atoms with Gasteiger partial charge in [-0.05, 0) is 76.3 Å². The van der Waals surface area contributed by atoms with Gasteiger partial charge in [-0.2, -0.15) is 8.78 Å². The molecule has 0 spiro atoms. The number of cyclic esters (lactones) is 1. The van der Waals surface area contributed by atoms with Gasteiger partial charge in [0.2, 0.25) is 34.1 Å². The molecule has 4 amide bonds. The summed E-state index contributed by atoms with van der Waals surface area (Å²) in [5.41, 5.74) is -3.87. The number of carbonyl (C=O) groups is 4. The second kappa shape index (κ2) is 16.4. The van der Waals surface area contributed by atoms with E-state index in [0.717, 1.165) is 4.90 Å². The quantitative estimate of drug-likeness (QED) is 0.290. The number of hydrogen-bond donors (Lipinski definition) is 3. The number of fused-ring (bicyclic) bond motifs is 4. The van der Waals surface area contributed by atoms with Crippen molar-refractivity contribution in [2.45, 2.75) is 146 Å². The predicted molar refractivity (Wildman–Crippen MR) is 209 cm³/mol. The normalized spacial score (nSPS) is 29.6. The molecule has 2 bridgehead atoms. The van der Waals surface area contributed by atoms with Crippen molar-refractivity contribution < 1.29 is 59.4 Å². The maximum Gasteiger partial charge on any atom is 0.408 e. The van der Waals surface area contributed by atoms with Gasteiger partial charge in [-0.3, -0.25) is 19.1 Å². The third-order valence-electron chi connectivity index (χ3n) is 12.3. The topological polar surface area (TPSA) is 195 Å². The summed E-state index contributed by atoms with van der Waals surface area (Å²) in [6.07, 6.45) is -5.47. The van der Waals surface area contributed by atoms with Gasteiger partial charge in [-0.1, -0.05) is 34.1 Å². The van der Waals surface area contributed by atoms with Crippen LogP contribution < -0.4 is 24.8 Å². The van der Waals surface area contributed by atoms with Gasteiger partial charge < -0.3 is 29.7 Å². The van der Waals surface area contributed by atoms with Crippen LogP contribution in [0.4, 0.5) is 22.4 Å². The zero-order valence-corrected chi connectivity index (χ0v) is 35.6. The molecule has 3 heterocycles. The Hall–Kier alpha value is -4.49. The van der Waals surface area contributed by atoms with Crippen LogP contribution in [0.3, 0.4) is 0 Å². The summed E-state index contributed by atoms with van der Waals surface area (Å²) in [4.78, 5) is 66.3. The van der Waals surface area contributed by atoms with E-state index in [4.69, 9.17) is 14.2 Å². The number of methoxy groups -OCH3 is 1. The maximum atomic E-state index is 16.3. The molecule has 2 saturated carbocycles. The number of alkyl carbamates (subject to hydrolysis) is 1. The maximum absolute atomic E-state index is 16.3. The molecule has 7 atom stereocenters. The standard InChI is InChI=1S/C40H54F4N6O9S/c1-8-23-27-20-50(28(23)32(51)48-39(19-24(39)31(41)42)35(53)49-60(55,56)38(6)16-17-38)34(52)30(37(3,4)5)47-36(54)58-21(2)12-10-9-11-15-40(43,44)29-33(59-27)46-26-18-22(57-7)13-14-25(26)45-29/h13-14,18,21,23-24,27-28,30-31H,8-12,15-17,19-20H2,1-7H3,(H,47,54)(H,48,51)(H,49,53)/t21?,23-,24+,27+,28+,30-,39-/m1/s1. The summed E-state index contributed by atoms with van der Waals surface area (Å²) in [6.45, 7) is 9.21. The molecule has 3 N–H and O–H groups in total. The highest BCUT2D eigenvalue weighted by atomic mass is 32.2. The summed E-state index contributed by atoms with van der Waals surface area (Å²) in [5, 5.41) is 5.03. The highest BCUT2D eigenvalue weighted by Gasteiger charge is 2.68. The minimum Gasteiger partial charge on any atom is -0.497 e. The highest BCUT2D eigenvalue weighted by molar-refractivity contribution is 7.91. The molecule has 1 aromatic heterocycles. The second-order valence-electron chi connectivity index (χ2n) is 17.8. The molecule has 2 aliphatic heterocycles. The predicted octanol–water partition coefficient (Wildman–Crippen LogP) is 5.35. The first-order chi connectivity index (χ1) is 28.0. The van der Waals surface area contributed by atoms with Gasteiger partial charge in [0, 0.05) is 18.4 Å². The Bertz CT molecular complexity index is 2120. The molecule has 15 nitrogen and oxygen atoms in total. The first kappa shape index (κ1) is 45.0. The molecule has 6 rings (SSSR count). The first-order valence-corrected chi connectivity index (χ1v) is 21.8. The number of halogens is 4. The van der Waals surface area contributed by atoms with E-state index in [0.29, 0.717) is 25.0 Å².